The highest BCUT2D eigenvalue weighted by Gasteiger charge is 2.08. The highest BCUT2D eigenvalue weighted by molar-refractivity contribution is 5.53. The summed E-state index contributed by atoms with van der Waals surface area (Å²) in [5.74, 6) is 1.48. The van der Waals surface area contributed by atoms with Gasteiger partial charge in [0.2, 0.25) is 0 Å². The van der Waals surface area contributed by atoms with Crippen molar-refractivity contribution in [3.8, 4) is 17.6 Å². The molecule has 0 aliphatic carbocycles. The van der Waals surface area contributed by atoms with Crippen LogP contribution in [0.1, 0.15) is 36.0 Å². The Morgan fingerprint density at radius 3 is 2.31 bits per heavy atom. The van der Waals surface area contributed by atoms with Crippen LogP contribution in [0.2, 0.25) is 0 Å². The van der Waals surface area contributed by atoms with Gasteiger partial charge < -0.3 is 9.53 Å². The Bertz CT molecular complexity index is 942. The summed E-state index contributed by atoms with van der Waals surface area (Å²) < 4.78 is 5.81. The second-order valence-electron chi connectivity index (χ2n) is 7.20. The van der Waals surface area contributed by atoms with Gasteiger partial charge in [-0.25, -0.2) is 0 Å². The van der Waals surface area contributed by atoms with Crippen LogP contribution in [0.5, 0.6) is 11.5 Å². The molecule has 0 aliphatic rings. The highest BCUT2D eigenvalue weighted by atomic mass is 16.5. The van der Waals surface area contributed by atoms with Crippen LogP contribution >= 0.6 is 0 Å². The average molecular weight is 383 g/mol. The Morgan fingerprint density at radius 1 is 0.828 bits per heavy atom. The monoisotopic (exact) mass is 383 g/mol. The van der Waals surface area contributed by atoms with Crippen LogP contribution in [0.4, 0.5) is 0 Å². The van der Waals surface area contributed by atoms with E-state index in [0.29, 0.717) is 11.3 Å². The first-order valence-electron chi connectivity index (χ1n) is 10.0. The van der Waals surface area contributed by atoms with Crippen molar-refractivity contribution in [1.29, 1.82) is 5.26 Å². The predicted molar refractivity (Wildman–Crippen MR) is 115 cm³/mol. The molecule has 0 radical (unpaired) electrons. The van der Waals surface area contributed by atoms with E-state index in [1.54, 1.807) is 18.2 Å². The number of rotatable bonds is 10. The summed E-state index contributed by atoms with van der Waals surface area (Å²) in [5.41, 5.74) is 3.09. The van der Waals surface area contributed by atoms with E-state index >= 15 is 0 Å². The Kier molecular flexibility index (Phi) is 7.60. The van der Waals surface area contributed by atoms with Crippen molar-refractivity contribution in [3.63, 3.8) is 0 Å². The van der Waals surface area contributed by atoms with Gasteiger partial charge in [0.15, 0.2) is 0 Å². The lowest BCUT2D eigenvalue weighted by atomic mass is 9.94. The molecule has 3 aromatic carbocycles. The third kappa shape index (κ3) is 6.62. The van der Waals surface area contributed by atoms with Gasteiger partial charge in [0.1, 0.15) is 17.8 Å². The molecule has 0 aliphatic heterocycles. The first kappa shape index (κ1) is 20.4. The summed E-state index contributed by atoms with van der Waals surface area (Å²) in [6.07, 6.45) is 5.81. The first-order valence-corrected chi connectivity index (χ1v) is 10.0. The van der Waals surface area contributed by atoms with Crippen molar-refractivity contribution in [2.45, 2.75) is 32.1 Å². The smallest absolute Gasteiger partial charge is 0.128 e. The number of ether oxygens (including phenoxy) is 1. The molecule has 0 bridgehead atoms. The summed E-state index contributed by atoms with van der Waals surface area (Å²) in [7, 11) is 0. The van der Waals surface area contributed by atoms with E-state index < -0.39 is 0 Å². The molecule has 0 N–H and O–H groups in total. The second kappa shape index (κ2) is 10.8. The molecule has 3 nitrogen and oxygen atoms in total. The molecule has 1 atom stereocenters. The van der Waals surface area contributed by atoms with Crippen molar-refractivity contribution < 1.29 is 9.53 Å². The summed E-state index contributed by atoms with van der Waals surface area (Å²) >= 11 is 0. The number of hydrogen-bond donors (Lipinski definition) is 0. The van der Waals surface area contributed by atoms with E-state index in [1.807, 2.05) is 36.4 Å². The van der Waals surface area contributed by atoms with Crippen LogP contribution in [0.3, 0.4) is 0 Å². The fourth-order valence-corrected chi connectivity index (χ4v) is 3.33. The van der Waals surface area contributed by atoms with Crippen molar-refractivity contribution >= 4 is 6.29 Å². The third-order valence-corrected chi connectivity index (χ3v) is 5.00. The zero-order chi connectivity index (χ0) is 20.3. The standard InChI is InChI=1S/C26H25NO2/c27-19-24-10-5-11-26(18-24)29-25-16-14-22(15-17-25)12-13-23(20-28)9-4-8-21-6-2-1-3-7-21/h1-3,5-7,10-11,14-18,20,23H,4,8-9,12-13H2. The molecule has 0 heterocycles. The molecule has 146 valence electrons. The molecule has 3 heteroatoms. The fraction of sp³-hybridized carbons (Fsp3) is 0.231. The van der Waals surface area contributed by atoms with Gasteiger partial charge in [-0.05, 0) is 73.6 Å². The molecular formula is C26H25NO2. The van der Waals surface area contributed by atoms with E-state index in [2.05, 4.69) is 30.3 Å². The van der Waals surface area contributed by atoms with E-state index in [-0.39, 0.29) is 5.92 Å². The number of nitriles is 1. The maximum Gasteiger partial charge on any atom is 0.128 e. The number of hydrogen-bond acceptors (Lipinski definition) is 3. The number of aryl methyl sites for hydroxylation is 2. The lowest BCUT2D eigenvalue weighted by Gasteiger charge is -2.11. The molecule has 0 amide bonds. The van der Waals surface area contributed by atoms with Gasteiger partial charge >= 0.3 is 0 Å². The molecule has 29 heavy (non-hydrogen) atoms. The molecule has 0 saturated heterocycles. The zero-order valence-electron chi connectivity index (χ0n) is 16.5. The number of carbonyl (C=O) groups is 1. The van der Waals surface area contributed by atoms with Gasteiger partial charge in [-0.2, -0.15) is 5.26 Å². The Labute approximate surface area is 172 Å². The lowest BCUT2D eigenvalue weighted by molar-refractivity contribution is -0.111. The van der Waals surface area contributed by atoms with Crippen LogP contribution in [0, 0.1) is 17.2 Å². The summed E-state index contributed by atoms with van der Waals surface area (Å²) in [4.78, 5) is 11.4. The van der Waals surface area contributed by atoms with Gasteiger partial charge in [-0.15, -0.1) is 0 Å². The molecule has 0 aromatic heterocycles. The number of carbonyl (C=O) groups excluding carboxylic acids is 1. The van der Waals surface area contributed by atoms with Crippen LogP contribution in [-0.2, 0) is 17.6 Å². The average Bonchev–Trinajstić information content (AvgIpc) is 2.78. The van der Waals surface area contributed by atoms with E-state index in [9.17, 15) is 4.79 Å². The minimum atomic E-state index is 0.100. The Hall–Kier alpha value is -3.38. The van der Waals surface area contributed by atoms with Crippen LogP contribution in [-0.4, -0.2) is 6.29 Å². The third-order valence-electron chi connectivity index (χ3n) is 5.00. The van der Waals surface area contributed by atoms with Crippen molar-refractivity contribution in [1.82, 2.24) is 0 Å². The lowest BCUT2D eigenvalue weighted by Crippen LogP contribution is -2.04. The number of benzene rings is 3. The van der Waals surface area contributed by atoms with Gasteiger partial charge in [0.25, 0.3) is 0 Å². The highest BCUT2D eigenvalue weighted by Crippen LogP contribution is 2.23. The van der Waals surface area contributed by atoms with Gasteiger partial charge in [0, 0.05) is 5.92 Å². The van der Waals surface area contributed by atoms with E-state index in [1.165, 1.54) is 11.1 Å². The fourth-order valence-electron chi connectivity index (χ4n) is 3.33. The number of aldehydes is 1. The minimum absolute atomic E-state index is 0.100. The number of nitrogens with zero attached hydrogens (tertiary/aromatic N) is 1. The van der Waals surface area contributed by atoms with Crippen molar-refractivity contribution in [3.05, 3.63) is 95.6 Å². The second-order valence-corrected chi connectivity index (χ2v) is 7.20. The Balaban J connectivity index is 1.45. The van der Waals surface area contributed by atoms with Crippen molar-refractivity contribution in [2.75, 3.05) is 0 Å². The zero-order valence-corrected chi connectivity index (χ0v) is 16.5. The van der Waals surface area contributed by atoms with Gasteiger partial charge in [-0.1, -0.05) is 48.5 Å². The molecule has 3 rings (SSSR count). The molecule has 0 fully saturated rings. The summed E-state index contributed by atoms with van der Waals surface area (Å²) in [6, 6.07) is 27.6. The maximum absolute atomic E-state index is 11.4. The van der Waals surface area contributed by atoms with Gasteiger partial charge in [-0.3, -0.25) is 0 Å². The van der Waals surface area contributed by atoms with Crippen LogP contribution in [0.25, 0.3) is 0 Å². The quantitative estimate of drug-likeness (QED) is 0.396. The van der Waals surface area contributed by atoms with E-state index in [4.69, 9.17) is 10.00 Å². The molecule has 1 unspecified atom stereocenters. The maximum atomic E-state index is 11.4. The largest absolute Gasteiger partial charge is 0.457 e. The SMILES string of the molecule is N#Cc1cccc(Oc2ccc(CCC(C=O)CCCc3ccccc3)cc2)c1. The Morgan fingerprint density at radius 2 is 1.59 bits per heavy atom. The normalized spacial score (nSPS) is 11.4. The summed E-state index contributed by atoms with van der Waals surface area (Å²) in [5, 5.41) is 8.97. The minimum Gasteiger partial charge on any atom is -0.457 e. The predicted octanol–water partition coefficient (Wildman–Crippen LogP) is 6.12. The molecular weight excluding hydrogens is 358 g/mol. The first-order chi connectivity index (χ1) is 14.3. The molecule has 0 spiro atoms. The van der Waals surface area contributed by atoms with Crippen molar-refractivity contribution in [2.24, 2.45) is 5.92 Å². The molecule has 3 aromatic rings. The van der Waals surface area contributed by atoms with Crippen LogP contribution < -0.4 is 4.74 Å². The van der Waals surface area contributed by atoms with Gasteiger partial charge in [0.05, 0.1) is 11.6 Å². The topological polar surface area (TPSA) is 50.1 Å². The molecule has 0 saturated carbocycles. The van der Waals surface area contributed by atoms with E-state index in [0.717, 1.165) is 44.1 Å². The summed E-state index contributed by atoms with van der Waals surface area (Å²) in [6.45, 7) is 0. The van der Waals surface area contributed by atoms with Crippen LogP contribution in [0.15, 0.2) is 78.9 Å².